The summed E-state index contributed by atoms with van der Waals surface area (Å²) in [4.78, 5) is 11.4. The van der Waals surface area contributed by atoms with Gasteiger partial charge in [0.15, 0.2) is 7.28 Å². The second-order valence-corrected chi connectivity index (χ2v) is 5.44. The molecule has 0 bridgehead atoms. The number of benzene rings is 1. The van der Waals surface area contributed by atoms with E-state index < -0.39 is 0 Å². The van der Waals surface area contributed by atoms with Crippen LogP contribution in [0, 0.1) is 13.8 Å². The number of aryl methyl sites for hydroxylation is 2. The van der Waals surface area contributed by atoms with Crippen molar-refractivity contribution in [1.82, 2.24) is 0 Å². The summed E-state index contributed by atoms with van der Waals surface area (Å²) in [5.41, 5.74) is 4.49. The van der Waals surface area contributed by atoms with Crippen LogP contribution in [-0.2, 0) is 4.79 Å². The first-order valence-electron chi connectivity index (χ1n) is 5.50. The van der Waals surface area contributed by atoms with Crippen molar-refractivity contribution < 1.29 is 4.79 Å². The Morgan fingerprint density at radius 1 is 1.38 bits per heavy atom. The lowest BCUT2D eigenvalue weighted by atomic mass is 9.72. The van der Waals surface area contributed by atoms with E-state index in [0.717, 1.165) is 24.1 Å². The van der Waals surface area contributed by atoms with Gasteiger partial charge in [0.1, 0.15) is 0 Å². The lowest BCUT2D eigenvalue weighted by Crippen LogP contribution is -2.22. The summed E-state index contributed by atoms with van der Waals surface area (Å²) in [6, 6.07) is 4.25. The fraction of sp³-hybridized carbons (Fsp3) is 0.417. The molecule has 1 amide bonds. The molecule has 0 radical (unpaired) electrons. The maximum Gasteiger partial charge on any atom is 0.237 e. The topological polar surface area (TPSA) is 29.1 Å². The van der Waals surface area contributed by atoms with Gasteiger partial charge in [-0.2, -0.15) is 0 Å². The molecule has 86 valence electrons. The minimum Gasteiger partial charge on any atom is -0.325 e. The molecule has 0 aliphatic heterocycles. The number of carbonyl (C=O) groups is 1. The highest BCUT2D eigenvalue weighted by atomic mass is 79.9. The van der Waals surface area contributed by atoms with E-state index in [0.29, 0.717) is 0 Å². The molecular weight excluding hydrogens is 265 g/mol. The maximum atomic E-state index is 11.6. The second-order valence-electron chi connectivity index (χ2n) is 4.06. The molecule has 1 aromatic carbocycles. The van der Waals surface area contributed by atoms with E-state index in [9.17, 15) is 4.79 Å². The number of alkyl halides is 1. The first-order valence-corrected chi connectivity index (χ1v) is 6.42. The summed E-state index contributed by atoms with van der Waals surface area (Å²) in [6.45, 7) is 8.01. The van der Waals surface area contributed by atoms with E-state index in [2.05, 4.69) is 40.2 Å². The van der Waals surface area contributed by atoms with Crippen molar-refractivity contribution in [3.63, 3.8) is 0 Å². The largest absolute Gasteiger partial charge is 0.325 e. The zero-order valence-corrected chi connectivity index (χ0v) is 11.8. The third-order valence-corrected chi connectivity index (χ3v) is 3.03. The molecule has 1 N–H and O–H groups in total. The average molecular weight is 282 g/mol. The highest BCUT2D eigenvalue weighted by molar-refractivity contribution is 9.10. The van der Waals surface area contributed by atoms with E-state index >= 15 is 0 Å². The van der Waals surface area contributed by atoms with Gasteiger partial charge in [0.05, 0.1) is 4.83 Å². The Hall–Kier alpha value is -0.765. The van der Waals surface area contributed by atoms with E-state index in [1.807, 2.05) is 20.8 Å². The van der Waals surface area contributed by atoms with Crippen LogP contribution in [0.3, 0.4) is 0 Å². The van der Waals surface area contributed by atoms with Gasteiger partial charge in [-0.25, -0.2) is 0 Å². The van der Waals surface area contributed by atoms with Gasteiger partial charge in [0, 0.05) is 5.69 Å². The highest BCUT2D eigenvalue weighted by Gasteiger charge is 2.12. The van der Waals surface area contributed by atoms with Crippen LogP contribution in [0.2, 0.25) is 6.82 Å². The van der Waals surface area contributed by atoms with Gasteiger partial charge < -0.3 is 5.32 Å². The lowest BCUT2D eigenvalue weighted by molar-refractivity contribution is -0.115. The molecule has 1 rings (SSSR count). The predicted octanol–water partition coefficient (Wildman–Crippen LogP) is 2.14. The Morgan fingerprint density at radius 3 is 2.25 bits per heavy atom. The molecule has 0 saturated heterocycles. The summed E-state index contributed by atoms with van der Waals surface area (Å²) in [5, 5.41) is 2.94. The minimum absolute atomic E-state index is 0.00421. The van der Waals surface area contributed by atoms with Crippen LogP contribution in [0.25, 0.3) is 0 Å². The molecule has 0 aliphatic carbocycles. The van der Waals surface area contributed by atoms with Crippen molar-refractivity contribution in [2.75, 3.05) is 5.32 Å². The van der Waals surface area contributed by atoms with E-state index in [-0.39, 0.29) is 10.7 Å². The molecule has 2 nitrogen and oxygen atoms in total. The Kier molecular flexibility index (Phi) is 4.60. The van der Waals surface area contributed by atoms with Crippen LogP contribution in [0.5, 0.6) is 0 Å². The molecule has 1 unspecified atom stereocenters. The summed E-state index contributed by atoms with van der Waals surface area (Å²) >= 11 is 3.26. The molecule has 0 fully saturated rings. The van der Waals surface area contributed by atoms with Crippen molar-refractivity contribution in [1.29, 1.82) is 0 Å². The van der Waals surface area contributed by atoms with Gasteiger partial charge in [-0.1, -0.05) is 40.3 Å². The standard InChI is InChI=1S/C12H17BBrNO/c1-7-5-10(13-4)6-8(2)11(7)15-12(16)9(3)14/h5-6,9,13H,1-4H3,(H,15,16). The number of carbonyl (C=O) groups excluding carboxylic acids is 1. The van der Waals surface area contributed by atoms with Crippen LogP contribution in [-0.4, -0.2) is 18.0 Å². The van der Waals surface area contributed by atoms with Crippen molar-refractivity contribution in [2.45, 2.75) is 32.4 Å². The molecule has 0 spiro atoms. The van der Waals surface area contributed by atoms with E-state index in [4.69, 9.17) is 0 Å². The van der Waals surface area contributed by atoms with Crippen LogP contribution >= 0.6 is 15.9 Å². The van der Waals surface area contributed by atoms with Crippen LogP contribution < -0.4 is 10.8 Å². The Bertz CT molecular complexity index is 381. The Morgan fingerprint density at radius 2 is 1.88 bits per heavy atom. The minimum atomic E-state index is -0.169. The molecule has 16 heavy (non-hydrogen) atoms. The van der Waals surface area contributed by atoms with Gasteiger partial charge in [0.2, 0.25) is 5.91 Å². The molecule has 0 heterocycles. The Labute approximate surface area is 106 Å². The second kappa shape index (κ2) is 5.53. The number of nitrogens with one attached hydrogen (secondary N) is 1. The first-order chi connectivity index (χ1) is 7.45. The summed E-state index contributed by atoms with van der Waals surface area (Å²) in [5.74, 6) is -0.00421. The third kappa shape index (κ3) is 3.11. The van der Waals surface area contributed by atoms with Crippen LogP contribution in [0.4, 0.5) is 5.69 Å². The molecule has 0 saturated carbocycles. The van der Waals surface area contributed by atoms with Gasteiger partial charge >= 0.3 is 0 Å². The Balaban J connectivity index is 3.01. The predicted molar refractivity (Wildman–Crippen MR) is 75.6 cm³/mol. The molecule has 1 atom stereocenters. The zero-order valence-electron chi connectivity index (χ0n) is 10.2. The number of rotatable bonds is 3. The van der Waals surface area contributed by atoms with Crippen molar-refractivity contribution >= 4 is 40.3 Å². The lowest BCUT2D eigenvalue weighted by Gasteiger charge is -2.14. The molecule has 1 aromatic rings. The third-order valence-electron chi connectivity index (χ3n) is 2.61. The monoisotopic (exact) mass is 281 g/mol. The summed E-state index contributed by atoms with van der Waals surface area (Å²) in [6.07, 6.45) is 0. The number of hydrogen-bond donors (Lipinski definition) is 1. The zero-order chi connectivity index (χ0) is 12.3. The number of halogens is 1. The van der Waals surface area contributed by atoms with Crippen molar-refractivity contribution in [3.8, 4) is 0 Å². The van der Waals surface area contributed by atoms with Crippen molar-refractivity contribution in [2.24, 2.45) is 0 Å². The quantitative estimate of drug-likeness (QED) is 0.668. The first kappa shape index (κ1) is 13.3. The molecule has 0 aliphatic rings. The van der Waals surface area contributed by atoms with E-state index in [1.54, 1.807) is 0 Å². The molecule has 4 heteroatoms. The molecule has 0 aromatic heterocycles. The average Bonchev–Trinajstić information content (AvgIpc) is 2.22. The fourth-order valence-electron chi connectivity index (χ4n) is 1.68. The smallest absolute Gasteiger partial charge is 0.237 e. The maximum absolute atomic E-state index is 11.6. The van der Waals surface area contributed by atoms with Crippen molar-refractivity contribution in [3.05, 3.63) is 23.3 Å². The summed E-state index contributed by atoms with van der Waals surface area (Å²) in [7, 11) is 1.02. The van der Waals surface area contributed by atoms with Crippen LogP contribution in [0.15, 0.2) is 12.1 Å². The van der Waals surface area contributed by atoms with Gasteiger partial charge in [-0.3, -0.25) is 4.79 Å². The normalized spacial score (nSPS) is 12.1. The summed E-state index contributed by atoms with van der Waals surface area (Å²) < 4.78 is 0. The van der Waals surface area contributed by atoms with Crippen LogP contribution in [0.1, 0.15) is 18.1 Å². The highest BCUT2D eigenvalue weighted by Crippen LogP contribution is 2.19. The molecular formula is C12H17BBrNO. The number of hydrogen-bond acceptors (Lipinski definition) is 1. The van der Waals surface area contributed by atoms with Gasteiger partial charge in [-0.05, 0) is 31.9 Å². The fourth-order valence-corrected chi connectivity index (χ4v) is 1.79. The van der Waals surface area contributed by atoms with Gasteiger partial charge in [-0.15, -0.1) is 0 Å². The van der Waals surface area contributed by atoms with Gasteiger partial charge in [0.25, 0.3) is 0 Å². The van der Waals surface area contributed by atoms with E-state index in [1.165, 1.54) is 5.46 Å². The number of anilines is 1. The SMILES string of the molecule is CBc1cc(C)c(NC(=O)C(C)Br)c(C)c1. The number of amides is 1.